The molecule has 84 valence electrons. The SMILES string of the molecule is CC(N)c1nnc(NC2CCOC2C)o1. The Morgan fingerprint density at radius 1 is 1.53 bits per heavy atom. The van der Waals surface area contributed by atoms with Crippen LogP contribution >= 0.6 is 0 Å². The summed E-state index contributed by atoms with van der Waals surface area (Å²) in [7, 11) is 0. The van der Waals surface area contributed by atoms with E-state index in [9.17, 15) is 0 Å². The zero-order chi connectivity index (χ0) is 10.8. The smallest absolute Gasteiger partial charge is 0.315 e. The first kappa shape index (κ1) is 10.4. The number of hydrogen-bond acceptors (Lipinski definition) is 6. The zero-order valence-electron chi connectivity index (χ0n) is 8.93. The molecule has 3 unspecified atom stereocenters. The Kier molecular flexibility index (Phi) is 2.88. The Labute approximate surface area is 88.2 Å². The summed E-state index contributed by atoms with van der Waals surface area (Å²) in [6, 6.07) is 0.432. The van der Waals surface area contributed by atoms with Gasteiger partial charge < -0.3 is 20.2 Å². The Morgan fingerprint density at radius 3 is 2.87 bits per heavy atom. The van der Waals surface area contributed by atoms with E-state index >= 15 is 0 Å². The molecule has 1 aromatic rings. The molecular weight excluding hydrogens is 196 g/mol. The molecule has 1 aromatic heterocycles. The highest BCUT2D eigenvalue weighted by Crippen LogP contribution is 2.19. The van der Waals surface area contributed by atoms with Crippen LogP contribution in [-0.2, 0) is 4.74 Å². The third-order valence-corrected chi connectivity index (χ3v) is 2.52. The predicted octanol–water partition coefficient (Wildman–Crippen LogP) is 0.679. The zero-order valence-corrected chi connectivity index (χ0v) is 8.93. The molecule has 0 bridgehead atoms. The molecule has 0 saturated carbocycles. The summed E-state index contributed by atoms with van der Waals surface area (Å²) in [6.45, 7) is 4.60. The predicted molar refractivity (Wildman–Crippen MR) is 54.3 cm³/mol. The largest absolute Gasteiger partial charge is 0.406 e. The number of hydrogen-bond donors (Lipinski definition) is 2. The van der Waals surface area contributed by atoms with Crippen LogP contribution in [0.3, 0.4) is 0 Å². The summed E-state index contributed by atoms with van der Waals surface area (Å²) in [5.41, 5.74) is 5.61. The third-order valence-electron chi connectivity index (χ3n) is 2.52. The van der Waals surface area contributed by atoms with E-state index in [0.29, 0.717) is 11.9 Å². The van der Waals surface area contributed by atoms with Crippen molar-refractivity contribution in [2.75, 3.05) is 11.9 Å². The minimum Gasteiger partial charge on any atom is -0.406 e. The number of ether oxygens (including phenoxy) is 1. The van der Waals surface area contributed by atoms with Crippen LogP contribution in [0.25, 0.3) is 0 Å². The van der Waals surface area contributed by atoms with Gasteiger partial charge in [0.2, 0.25) is 5.89 Å². The molecule has 0 spiro atoms. The van der Waals surface area contributed by atoms with Gasteiger partial charge in [0.05, 0.1) is 18.2 Å². The molecule has 6 heteroatoms. The third kappa shape index (κ3) is 2.27. The number of nitrogens with zero attached hydrogens (tertiary/aromatic N) is 2. The molecule has 3 N–H and O–H groups in total. The van der Waals surface area contributed by atoms with Crippen molar-refractivity contribution in [2.24, 2.45) is 5.73 Å². The lowest BCUT2D eigenvalue weighted by Crippen LogP contribution is -2.26. The van der Waals surface area contributed by atoms with Crippen molar-refractivity contribution < 1.29 is 9.15 Å². The van der Waals surface area contributed by atoms with Gasteiger partial charge in [-0.3, -0.25) is 0 Å². The van der Waals surface area contributed by atoms with Crippen LogP contribution in [-0.4, -0.2) is 29.0 Å². The van der Waals surface area contributed by atoms with Gasteiger partial charge in [0.25, 0.3) is 0 Å². The molecule has 6 nitrogen and oxygen atoms in total. The average molecular weight is 212 g/mol. The van der Waals surface area contributed by atoms with Crippen molar-refractivity contribution in [3.8, 4) is 0 Å². The van der Waals surface area contributed by atoms with Crippen molar-refractivity contribution in [1.29, 1.82) is 0 Å². The Hall–Kier alpha value is -1.14. The van der Waals surface area contributed by atoms with E-state index in [0.717, 1.165) is 13.0 Å². The van der Waals surface area contributed by atoms with Gasteiger partial charge in [0.15, 0.2) is 0 Å². The maximum Gasteiger partial charge on any atom is 0.315 e. The minimum atomic E-state index is -0.231. The highest BCUT2D eigenvalue weighted by molar-refractivity contribution is 5.21. The quantitative estimate of drug-likeness (QED) is 0.766. The molecule has 15 heavy (non-hydrogen) atoms. The molecule has 0 aromatic carbocycles. The van der Waals surface area contributed by atoms with Crippen molar-refractivity contribution >= 4 is 6.01 Å². The van der Waals surface area contributed by atoms with Crippen LogP contribution in [0, 0.1) is 0 Å². The van der Waals surface area contributed by atoms with Crippen LogP contribution in [0.1, 0.15) is 32.2 Å². The normalized spacial score (nSPS) is 27.9. The fourth-order valence-electron chi connectivity index (χ4n) is 1.56. The number of nitrogens with one attached hydrogen (secondary N) is 1. The van der Waals surface area contributed by atoms with E-state index in [1.807, 2.05) is 6.92 Å². The standard InChI is InChI=1S/C9H16N4O2/c1-5(10)8-12-13-9(15-8)11-7-3-4-14-6(7)2/h5-7H,3-4,10H2,1-2H3,(H,11,13). The Bertz CT molecular complexity index is 326. The number of aromatic nitrogens is 2. The van der Waals surface area contributed by atoms with Gasteiger partial charge in [-0.15, -0.1) is 5.10 Å². The second-order valence-corrected chi connectivity index (χ2v) is 3.85. The summed E-state index contributed by atoms with van der Waals surface area (Å²) in [5.74, 6) is 0.448. The first-order valence-corrected chi connectivity index (χ1v) is 5.14. The van der Waals surface area contributed by atoms with Crippen molar-refractivity contribution in [3.63, 3.8) is 0 Å². The summed E-state index contributed by atoms with van der Waals surface area (Å²) in [5, 5.41) is 10.9. The summed E-state index contributed by atoms with van der Waals surface area (Å²) in [6.07, 6.45) is 1.13. The van der Waals surface area contributed by atoms with Crippen LogP contribution in [0.5, 0.6) is 0 Å². The summed E-state index contributed by atoms with van der Waals surface area (Å²) in [4.78, 5) is 0. The first-order chi connectivity index (χ1) is 7.16. The van der Waals surface area contributed by atoms with Gasteiger partial charge in [0.1, 0.15) is 0 Å². The first-order valence-electron chi connectivity index (χ1n) is 5.14. The van der Waals surface area contributed by atoms with E-state index < -0.39 is 0 Å². The van der Waals surface area contributed by atoms with Crippen LogP contribution in [0.15, 0.2) is 4.42 Å². The maximum absolute atomic E-state index is 5.61. The Morgan fingerprint density at radius 2 is 2.33 bits per heavy atom. The second kappa shape index (κ2) is 4.16. The van der Waals surface area contributed by atoms with Gasteiger partial charge in [0, 0.05) is 6.61 Å². The van der Waals surface area contributed by atoms with Gasteiger partial charge >= 0.3 is 6.01 Å². The summed E-state index contributed by atoms with van der Waals surface area (Å²) < 4.78 is 10.8. The monoisotopic (exact) mass is 212 g/mol. The molecule has 0 amide bonds. The molecule has 1 aliphatic heterocycles. The van der Waals surface area contributed by atoms with E-state index in [2.05, 4.69) is 15.5 Å². The van der Waals surface area contributed by atoms with Crippen LogP contribution in [0.2, 0.25) is 0 Å². The average Bonchev–Trinajstić information content (AvgIpc) is 2.77. The van der Waals surface area contributed by atoms with E-state index in [1.165, 1.54) is 0 Å². The highest BCUT2D eigenvalue weighted by atomic mass is 16.5. The molecule has 2 heterocycles. The van der Waals surface area contributed by atoms with Crippen molar-refractivity contribution in [1.82, 2.24) is 10.2 Å². The number of rotatable bonds is 3. The van der Waals surface area contributed by atoms with Gasteiger partial charge in [-0.1, -0.05) is 5.10 Å². The Balaban J connectivity index is 1.98. The minimum absolute atomic E-state index is 0.177. The highest BCUT2D eigenvalue weighted by Gasteiger charge is 2.25. The fraction of sp³-hybridized carbons (Fsp3) is 0.778. The lowest BCUT2D eigenvalue weighted by Gasteiger charge is -2.13. The summed E-state index contributed by atoms with van der Waals surface area (Å²) >= 11 is 0. The van der Waals surface area contributed by atoms with Gasteiger partial charge in [-0.2, -0.15) is 0 Å². The molecule has 1 aliphatic rings. The molecule has 3 atom stereocenters. The lowest BCUT2D eigenvalue weighted by atomic mass is 10.2. The molecule has 1 saturated heterocycles. The van der Waals surface area contributed by atoms with Crippen molar-refractivity contribution in [3.05, 3.63) is 5.89 Å². The van der Waals surface area contributed by atoms with Gasteiger partial charge in [-0.05, 0) is 20.3 Å². The van der Waals surface area contributed by atoms with Gasteiger partial charge in [-0.25, -0.2) is 0 Å². The molecule has 1 fully saturated rings. The van der Waals surface area contributed by atoms with E-state index in [1.54, 1.807) is 6.92 Å². The topological polar surface area (TPSA) is 86.2 Å². The molecule has 2 rings (SSSR count). The maximum atomic E-state index is 5.61. The van der Waals surface area contributed by atoms with Crippen LogP contribution < -0.4 is 11.1 Å². The molecule has 0 aliphatic carbocycles. The fourth-order valence-corrected chi connectivity index (χ4v) is 1.56. The molecular formula is C9H16N4O2. The van der Waals surface area contributed by atoms with Crippen molar-refractivity contribution in [2.45, 2.75) is 38.5 Å². The van der Waals surface area contributed by atoms with E-state index in [-0.39, 0.29) is 18.2 Å². The van der Waals surface area contributed by atoms with E-state index in [4.69, 9.17) is 14.9 Å². The number of nitrogens with two attached hydrogens (primary N) is 1. The molecule has 0 radical (unpaired) electrons. The lowest BCUT2D eigenvalue weighted by molar-refractivity contribution is 0.121. The second-order valence-electron chi connectivity index (χ2n) is 3.85. The van der Waals surface area contributed by atoms with Crippen LogP contribution in [0.4, 0.5) is 6.01 Å². The number of anilines is 1.